The Hall–Kier alpha value is -1.87. The molecular weight excluding hydrogens is 383 g/mol. The quantitative estimate of drug-likeness (QED) is 0.426. The molecule has 1 aliphatic carbocycles. The Kier molecular flexibility index (Phi) is 8.98. The topological polar surface area (TPSA) is 83.0 Å². The molecule has 2 rings (SSSR count). The van der Waals surface area contributed by atoms with Crippen LogP contribution in [0.25, 0.3) is 0 Å². The van der Waals surface area contributed by atoms with Gasteiger partial charge in [-0.25, -0.2) is 17.5 Å². The fourth-order valence-corrected chi connectivity index (χ4v) is 3.68. The maximum Gasteiger partial charge on any atom is 0.213 e. The number of rotatable bonds is 11. The molecule has 0 spiro atoms. The summed E-state index contributed by atoms with van der Waals surface area (Å²) < 4.78 is 45.9. The van der Waals surface area contributed by atoms with E-state index < -0.39 is 15.8 Å². The second-order valence-corrected chi connectivity index (χ2v) is 8.83. The summed E-state index contributed by atoms with van der Waals surface area (Å²) in [4.78, 5) is 6.22. The van der Waals surface area contributed by atoms with Crippen molar-refractivity contribution in [1.29, 1.82) is 0 Å². The number of benzene rings is 1. The molecule has 1 aromatic rings. The molecule has 0 aromatic heterocycles. The van der Waals surface area contributed by atoms with Crippen LogP contribution < -0.4 is 14.8 Å². The first-order chi connectivity index (χ1) is 13.4. The van der Waals surface area contributed by atoms with Crippen molar-refractivity contribution in [2.75, 3.05) is 45.6 Å². The lowest BCUT2D eigenvalue weighted by molar-refractivity contribution is 0.270. The van der Waals surface area contributed by atoms with Crippen LogP contribution in [0.5, 0.6) is 5.75 Å². The van der Waals surface area contributed by atoms with Crippen LogP contribution in [0.15, 0.2) is 29.3 Å². The predicted molar refractivity (Wildman–Crippen MR) is 110 cm³/mol. The highest BCUT2D eigenvalue weighted by atomic mass is 32.2. The molecule has 2 N–H and O–H groups in total. The van der Waals surface area contributed by atoms with Gasteiger partial charge in [-0.05, 0) is 37.8 Å². The fourth-order valence-electron chi connectivity index (χ4n) is 2.72. The number of nitrogens with one attached hydrogen (secondary N) is 2. The first kappa shape index (κ1) is 22.4. The van der Waals surface area contributed by atoms with Crippen LogP contribution in [0.3, 0.4) is 0 Å². The van der Waals surface area contributed by atoms with E-state index in [9.17, 15) is 12.8 Å². The Morgan fingerprint density at radius 1 is 1.36 bits per heavy atom. The summed E-state index contributed by atoms with van der Waals surface area (Å²) >= 11 is 0. The molecule has 0 saturated heterocycles. The summed E-state index contributed by atoms with van der Waals surface area (Å²) in [6.45, 7) is 4.05. The summed E-state index contributed by atoms with van der Waals surface area (Å²) in [5.41, 5.74) is 0. The number of likely N-dealkylation sites (N-methyl/N-ethyl adjacent to an activating group) is 1. The van der Waals surface area contributed by atoms with E-state index in [1.165, 1.54) is 12.5 Å². The molecular formula is C19H31FN4O3S. The lowest BCUT2D eigenvalue weighted by Gasteiger charge is -2.25. The third kappa shape index (κ3) is 7.63. The summed E-state index contributed by atoms with van der Waals surface area (Å²) in [6.07, 6.45) is 3.39. The fraction of sp³-hybridized carbons (Fsp3) is 0.632. The van der Waals surface area contributed by atoms with Crippen molar-refractivity contribution >= 4 is 16.0 Å². The molecule has 1 aromatic carbocycles. The standard InChI is InChI=1S/C19H31FN4O3S/c1-3-21-19(22-11-14-28(25,26)23-15-16-7-6-8-16)24(2)12-13-27-18-10-5-4-9-17(18)20/h4-5,9-10,16,23H,3,6-8,11-15H2,1-2H3,(H,21,22). The molecule has 28 heavy (non-hydrogen) atoms. The van der Waals surface area contributed by atoms with E-state index in [1.54, 1.807) is 18.2 Å². The van der Waals surface area contributed by atoms with Gasteiger partial charge in [-0.2, -0.15) is 0 Å². The van der Waals surface area contributed by atoms with Gasteiger partial charge in [-0.1, -0.05) is 18.6 Å². The Morgan fingerprint density at radius 2 is 2.11 bits per heavy atom. The summed E-state index contributed by atoms with van der Waals surface area (Å²) in [5, 5.41) is 3.13. The van der Waals surface area contributed by atoms with Gasteiger partial charge < -0.3 is 15.0 Å². The van der Waals surface area contributed by atoms with Crippen molar-refractivity contribution in [3.8, 4) is 5.75 Å². The number of hydrogen-bond acceptors (Lipinski definition) is 4. The average molecular weight is 415 g/mol. The molecule has 0 atom stereocenters. The maximum atomic E-state index is 13.6. The number of sulfonamides is 1. The lowest BCUT2D eigenvalue weighted by atomic mass is 9.86. The van der Waals surface area contributed by atoms with Crippen molar-refractivity contribution < 1.29 is 17.5 Å². The van der Waals surface area contributed by atoms with Gasteiger partial charge in [0.1, 0.15) is 6.61 Å². The largest absolute Gasteiger partial charge is 0.489 e. The molecule has 1 saturated carbocycles. The Morgan fingerprint density at radius 3 is 2.75 bits per heavy atom. The first-order valence-electron chi connectivity index (χ1n) is 9.75. The molecule has 0 unspecified atom stereocenters. The highest BCUT2D eigenvalue weighted by molar-refractivity contribution is 7.89. The van der Waals surface area contributed by atoms with Gasteiger partial charge in [-0.3, -0.25) is 4.99 Å². The van der Waals surface area contributed by atoms with Crippen molar-refractivity contribution in [3.63, 3.8) is 0 Å². The number of ether oxygens (including phenoxy) is 1. The predicted octanol–water partition coefficient (Wildman–Crippen LogP) is 1.82. The van der Waals surface area contributed by atoms with Crippen molar-refractivity contribution in [2.24, 2.45) is 10.9 Å². The molecule has 0 aliphatic heterocycles. The molecule has 7 nitrogen and oxygen atoms in total. The zero-order valence-corrected chi connectivity index (χ0v) is 17.5. The molecule has 0 amide bonds. The minimum absolute atomic E-state index is 0.0474. The zero-order chi connectivity index (χ0) is 20.4. The van der Waals surface area contributed by atoms with E-state index in [0.29, 0.717) is 31.5 Å². The first-order valence-corrected chi connectivity index (χ1v) is 11.4. The van der Waals surface area contributed by atoms with Crippen LogP contribution in [0.4, 0.5) is 4.39 Å². The minimum atomic E-state index is -3.32. The molecule has 0 bridgehead atoms. The number of hydrogen-bond donors (Lipinski definition) is 2. The van der Waals surface area contributed by atoms with E-state index in [1.807, 2.05) is 18.9 Å². The highest BCUT2D eigenvalue weighted by Gasteiger charge is 2.20. The Balaban J connectivity index is 1.78. The van der Waals surface area contributed by atoms with E-state index in [0.717, 1.165) is 12.8 Å². The summed E-state index contributed by atoms with van der Waals surface area (Å²) in [7, 11) is -1.49. The summed E-state index contributed by atoms with van der Waals surface area (Å²) in [6, 6.07) is 6.26. The maximum absolute atomic E-state index is 13.6. The second-order valence-electron chi connectivity index (χ2n) is 6.90. The van der Waals surface area contributed by atoms with Crippen LogP contribution in [-0.2, 0) is 10.0 Å². The number of aliphatic imine (C=N–C) groups is 1. The molecule has 1 aliphatic rings. The van der Waals surface area contributed by atoms with Crippen LogP contribution in [0, 0.1) is 11.7 Å². The smallest absolute Gasteiger partial charge is 0.213 e. The minimum Gasteiger partial charge on any atom is -0.489 e. The number of guanidine groups is 1. The summed E-state index contributed by atoms with van der Waals surface area (Å²) in [5.74, 6) is 0.838. The number of halogens is 1. The Bertz CT molecular complexity index is 738. The van der Waals surface area contributed by atoms with E-state index in [-0.39, 0.29) is 24.7 Å². The van der Waals surface area contributed by atoms with Crippen molar-refractivity contribution in [1.82, 2.24) is 14.9 Å². The SMILES string of the molecule is CCNC(=NCCS(=O)(=O)NCC1CCC1)N(C)CCOc1ccccc1F. The highest BCUT2D eigenvalue weighted by Crippen LogP contribution is 2.25. The number of nitrogens with zero attached hydrogens (tertiary/aromatic N) is 2. The average Bonchev–Trinajstić information content (AvgIpc) is 2.61. The van der Waals surface area contributed by atoms with Gasteiger partial charge in [-0.15, -0.1) is 0 Å². The number of para-hydroxylation sites is 1. The van der Waals surface area contributed by atoms with Crippen molar-refractivity contribution in [3.05, 3.63) is 30.1 Å². The van der Waals surface area contributed by atoms with Crippen LogP contribution in [-0.4, -0.2) is 64.9 Å². The van der Waals surface area contributed by atoms with Gasteiger partial charge in [0.05, 0.1) is 18.8 Å². The molecule has 9 heteroatoms. The van der Waals surface area contributed by atoms with Crippen molar-refractivity contribution in [2.45, 2.75) is 26.2 Å². The molecule has 0 heterocycles. The lowest BCUT2D eigenvalue weighted by Crippen LogP contribution is -2.41. The van der Waals surface area contributed by atoms with Gasteiger partial charge in [0.15, 0.2) is 17.5 Å². The van der Waals surface area contributed by atoms with Crippen LogP contribution in [0.2, 0.25) is 0 Å². The van der Waals surface area contributed by atoms with Gasteiger partial charge in [0.25, 0.3) is 0 Å². The zero-order valence-electron chi connectivity index (χ0n) is 16.7. The third-order valence-corrected chi connectivity index (χ3v) is 5.98. The molecule has 0 radical (unpaired) electrons. The van der Waals surface area contributed by atoms with E-state index in [2.05, 4.69) is 15.0 Å². The van der Waals surface area contributed by atoms with Gasteiger partial charge in [0.2, 0.25) is 10.0 Å². The van der Waals surface area contributed by atoms with Gasteiger partial charge in [0, 0.05) is 20.1 Å². The third-order valence-electron chi connectivity index (χ3n) is 4.66. The molecule has 1 fully saturated rings. The van der Waals surface area contributed by atoms with Gasteiger partial charge >= 0.3 is 0 Å². The van der Waals surface area contributed by atoms with Crippen LogP contribution >= 0.6 is 0 Å². The Labute approximate surface area is 167 Å². The second kappa shape index (κ2) is 11.2. The van der Waals surface area contributed by atoms with E-state index >= 15 is 0 Å². The van der Waals surface area contributed by atoms with E-state index in [4.69, 9.17) is 4.74 Å². The molecule has 158 valence electrons. The normalized spacial score (nSPS) is 15.2. The monoisotopic (exact) mass is 414 g/mol. The van der Waals surface area contributed by atoms with Crippen LogP contribution in [0.1, 0.15) is 26.2 Å².